The number of halogens is 1. The molecule has 1 N–H and O–H groups in total. The molecule has 30 heavy (non-hydrogen) atoms. The molecule has 158 valence electrons. The fourth-order valence-corrected chi connectivity index (χ4v) is 4.70. The van der Waals surface area contributed by atoms with Crippen LogP contribution in [0, 0.1) is 11.7 Å². The van der Waals surface area contributed by atoms with E-state index in [2.05, 4.69) is 0 Å². The van der Waals surface area contributed by atoms with Gasteiger partial charge in [0, 0.05) is 0 Å². The van der Waals surface area contributed by atoms with Crippen LogP contribution in [0.3, 0.4) is 0 Å². The Hall–Kier alpha value is -2.73. The summed E-state index contributed by atoms with van der Waals surface area (Å²) in [4.78, 5) is 28.1. The molecule has 0 aliphatic carbocycles. The molecule has 6 heteroatoms. The molecule has 2 saturated heterocycles. The van der Waals surface area contributed by atoms with Crippen LogP contribution in [0.2, 0.25) is 0 Å². The van der Waals surface area contributed by atoms with Crippen molar-refractivity contribution in [2.45, 2.75) is 38.1 Å². The number of carbonyl (C=O) groups is 2. The molecule has 2 amide bonds. The topological polar surface area (TPSA) is 51.0 Å². The highest BCUT2D eigenvalue weighted by Gasteiger charge is 2.46. The summed E-state index contributed by atoms with van der Waals surface area (Å²) in [6, 6.07) is 13.7. The zero-order valence-electron chi connectivity index (χ0n) is 17.3. The zero-order valence-corrected chi connectivity index (χ0v) is 17.3. The van der Waals surface area contributed by atoms with Gasteiger partial charge in [0.1, 0.15) is 11.6 Å². The first-order chi connectivity index (χ1) is 14.6. The lowest BCUT2D eigenvalue weighted by Crippen LogP contribution is -3.17. The molecular formula is C24H28FN2O3+. The number of hydrogen-bond acceptors (Lipinski definition) is 3. The fourth-order valence-electron chi connectivity index (χ4n) is 4.70. The van der Waals surface area contributed by atoms with Crippen molar-refractivity contribution < 1.29 is 23.6 Å². The van der Waals surface area contributed by atoms with E-state index in [1.165, 1.54) is 15.9 Å². The third kappa shape index (κ3) is 4.24. The van der Waals surface area contributed by atoms with Gasteiger partial charge in [-0.05, 0) is 67.5 Å². The van der Waals surface area contributed by atoms with Gasteiger partial charge >= 0.3 is 0 Å². The van der Waals surface area contributed by atoms with Crippen LogP contribution in [0.1, 0.15) is 31.2 Å². The van der Waals surface area contributed by atoms with E-state index >= 15 is 0 Å². The first-order valence-corrected chi connectivity index (χ1v) is 10.7. The van der Waals surface area contributed by atoms with Crippen molar-refractivity contribution in [3.8, 4) is 5.75 Å². The number of hydrogen-bond donors (Lipinski definition) is 1. The molecule has 5 nitrogen and oxygen atoms in total. The molecular weight excluding hydrogens is 383 g/mol. The van der Waals surface area contributed by atoms with E-state index in [9.17, 15) is 14.0 Å². The molecule has 2 aliphatic rings. The van der Waals surface area contributed by atoms with Crippen LogP contribution in [-0.2, 0) is 16.0 Å². The molecule has 2 heterocycles. The van der Waals surface area contributed by atoms with Crippen molar-refractivity contribution in [2.75, 3.05) is 25.1 Å². The number of rotatable bonds is 6. The molecule has 2 aromatic carbocycles. The average Bonchev–Trinajstić information content (AvgIpc) is 3.07. The predicted molar refractivity (Wildman–Crippen MR) is 112 cm³/mol. The van der Waals surface area contributed by atoms with Gasteiger partial charge in [-0.2, -0.15) is 0 Å². The second kappa shape index (κ2) is 8.96. The van der Waals surface area contributed by atoms with E-state index in [4.69, 9.17) is 4.74 Å². The third-order valence-electron chi connectivity index (χ3n) is 6.50. The van der Waals surface area contributed by atoms with Crippen molar-refractivity contribution in [2.24, 2.45) is 5.92 Å². The van der Waals surface area contributed by atoms with E-state index in [1.54, 1.807) is 37.4 Å². The number of likely N-dealkylation sites (tertiary alicyclic amines) is 1. The summed E-state index contributed by atoms with van der Waals surface area (Å²) >= 11 is 0. The molecule has 2 fully saturated rings. The summed E-state index contributed by atoms with van der Waals surface area (Å²) in [7, 11) is 1.58. The average molecular weight is 411 g/mol. The monoisotopic (exact) mass is 411 g/mol. The van der Waals surface area contributed by atoms with Crippen molar-refractivity contribution in [1.29, 1.82) is 0 Å². The minimum Gasteiger partial charge on any atom is -0.497 e. The van der Waals surface area contributed by atoms with Crippen LogP contribution in [-0.4, -0.2) is 38.1 Å². The smallest absolute Gasteiger partial charge is 0.292 e. The lowest BCUT2D eigenvalue weighted by atomic mass is 9.89. The van der Waals surface area contributed by atoms with Crippen LogP contribution >= 0.6 is 0 Å². The fraction of sp³-hybridized carbons (Fsp3) is 0.417. The number of imide groups is 1. The van der Waals surface area contributed by atoms with Gasteiger partial charge in [-0.15, -0.1) is 0 Å². The molecule has 2 aromatic rings. The van der Waals surface area contributed by atoms with Crippen LogP contribution in [0.4, 0.5) is 10.1 Å². The number of ether oxygens (including phenoxy) is 1. The van der Waals surface area contributed by atoms with E-state index in [1.807, 2.05) is 12.1 Å². The number of aryl methyl sites for hydroxylation is 1. The quantitative estimate of drug-likeness (QED) is 0.743. The van der Waals surface area contributed by atoms with Crippen LogP contribution in [0.25, 0.3) is 0 Å². The van der Waals surface area contributed by atoms with Crippen molar-refractivity contribution in [1.82, 2.24) is 0 Å². The molecule has 0 radical (unpaired) electrons. The Bertz CT molecular complexity index is 907. The maximum absolute atomic E-state index is 13.8. The molecule has 0 saturated carbocycles. The summed E-state index contributed by atoms with van der Waals surface area (Å²) in [6.07, 6.45) is 3.98. The summed E-state index contributed by atoms with van der Waals surface area (Å²) in [5.74, 6) is 0.860. The predicted octanol–water partition coefficient (Wildman–Crippen LogP) is 2.39. The number of carbonyl (C=O) groups excluding carboxylic acids is 2. The van der Waals surface area contributed by atoms with Gasteiger partial charge in [0.15, 0.2) is 6.04 Å². The van der Waals surface area contributed by atoms with E-state index < -0.39 is 0 Å². The van der Waals surface area contributed by atoms with Gasteiger partial charge in [0.2, 0.25) is 5.91 Å². The number of quaternary nitrogens is 1. The van der Waals surface area contributed by atoms with E-state index in [0.717, 1.165) is 44.3 Å². The van der Waals surface area contributed by atoms with Gasteiger partial charge < -0.3 is 9.64 Å². The highest BCUT2D eigenvalue weighted by atomic mass is 19.1. The van der Waals surface area contributed by atoms with Crippen LogP contribution in [0.15, 0.2) is 48.5 Å². The van der Waals surface area contributed by atoms with Crippen molar-refractivity contribution in [3.63, 3.8) is 0 Å². The molecule has 0 unspecified atom stereocenters. The second-order valence-electron chi connectivity index (χ2n) is 8.25. The summed E-state index contributed by atoms with van der Waals surface area (Å²) in [5.41, 5.74) is 1.38. The summed E-state index contributed by atoms with van der Waals surface area (Å²) < 4.78 is 19.0. The highest BCUT2D eigenvalue weighted by Crippen LogP contribution is 2.25. The van der Waals surface area contributed by atoms with Crippen molar-refractivity contribution in [3.05, 3.63) is 59.9 Å². The lowest BCUT2D eigenvalue weighted by molar-refractivity contribution is -0.920. The van der Waals surface area contributed by atoms with Crippen LogP contribution < -0.4 is 14.5 Å². The largest absolute Gasteiger partial charge is 0.497 e. The maximum atomic E-state index is 13.8. The third-order valence-corrected chi connectivity index (χ3v) is 6.50. The second-order valence-corrected chi connectivity index (χ2v) is 8.25. The molecule has 4 rings (SSSR count). The number of piperidine rings is 1. The van der Waals surface area contributed by atoms with Gasteiger partial charge in [0.05, 0.1) is 32.3 Å². The van der Waals surface area contributed by atoms with Gasteiger partial charge in [-0.25, -0.2) is 9.29 Å². The Kier molecular flexibility index (Phi) is 6.13. The zero-order chi connectivity index (χ0) is 21.1. The molecule has 1 atom stereocenters. The van der Waals surface area contributed by atoms with Crippen molar-refractivity contribution >= 4 is 17.5 Å². The standard InChI is InChI=1S/C24H27FN2O3/c1-30-20-10-8-19(9-11-20)27-23(28)16-22(24(27)29)26-14-12-17(13-15-26)6-7-18-4-2-3-5-21(18)25/h2-5,8-11,17,22H,6-7,12-16H2,1H3/p+1/t22-/m1/s1. The number of benzene rings is 2. The Labute approximate surface area is 176 Å². The molecule has 0 aromatic heterocycles. The number of nitrogens with one attached hydrogen (secondary N) is 1. The van der Waals surface area contributed by atoms with Gasteiger partial charge in [-0.3, -0.25) is 9.59 Å². The van der Waals surface area contributed by atoms with E-state index in [-0.39, 0.29) is 30.1 Å². The Balaban J connectivity index is 1.33. The Morgan fingerprint density at radius 1 is 1.07 bits per heavy atom. The highest BCUT2D eigenvalue weighted by molar-refractivity contribution is 6.21. The first kappa shape index (κ1) is 20.5. The SMILES string of the molecule is COc1ccc(N2C(=O)C[C@@H]([NH+]3CCC(CCc4ccccc4F)CC3)C2=O)cc1. The summed E-state index contributed by atoms with van der Waals surface area (Å²) in [5, 5.41) is 0. The minimum atomic E-state index is -0.299. The van der Waals surface area contributed by atoms with Gasteiger partial charge in [0.25, 0.3) is 5.91 Å². The summed E-state index contributed by atoms with van der Waals surface area (Å²) in [6.45, 7) is 1.75. The normalized spacial score (nSPS) is 24.3. The molecule has 0 spiro atoms. The maximum Gasteiger partial charge on any atom is 0.292 e. The number of methoxy groups -OCH3 is 1. The lowest BCUT2D eigenvalue weighted by Gasteiger charge is -2.32. The van der Waals surface area contributed by atoms with Gasteiger partial charge in [-0.1, -0.05) is 18.2 Å². The minimum absolute atomic E-state index is 0.107. The first-order valence-electron chi connectivity index (χ1n) is 10.7. The Morgan fingerprint density at radius 3 is 2.43 bits per heavy atom. The number of amides is 2. The van der Waals surface area contributed by atoms with E-state index in [0.29, 0.717) is 17.4 Å². The number of nitrogens with zero attached hydrogens (tertiary/aromatic N) is 1. The van der Waals surface area contributed by atoms with Crippen LogP contribution in [0.5, 0.6) is 5.75 Å². The molecule has 0 bridgehead atoms. The Morgan fingerprint density at radius 2 is 1.77 bits per heavy atom. The number of anilines is 1. The molecule has 2 aliphatic heterocycles.